The summed E-state index contributed by atoms with van der Waals surface area (Å²) in [6.07, 6.45) is 0.148. The van der Waals surface area contributed by atoms with Gasteiger partial charge in [-0.1, -0.05) is 19.9 Å². The minimum atomic E-state index is -3.71. The number of hydrogen-bond acceptors (Lipinski definition) is 5. The van der Waals surface area contributed by atoms with Crippen LogP contribution < -0.4 is 9.64 Å². The van der Waals surface area contributed by atoms with Gasteiger partial charge in [0.1, 0.15) is 5.75 Å². The van der Waals surface area contributed by atoms with E-state index < -0.39 is 10.0 Å². The predicted octanol–water partition coefficient (Wildman–Crippen LogP) is 3.98. The smallest absolute Gasteiger partial charge is 0.258 e. The molecule has 0 aromatic heterocycles. The van der Waals surface area contributed by atoms with Crippen molar-refractivity contribution in [3.8, 4) is 11.8 Å². The normalized spacial score (nSPS) is 11.2. The molecule has 31 heavy (non-hydrogen) atoms. The summed E-state index contributed by atoms with van der Waals surface area (Å²) in [6.45, 7) is 8.57. The monoisotopic (exact) mass is 443 g/mol. The molecule has 2 aromatic rings. The first-order valence-corrected chi connectivity index (χ1v) is 11.8. The molecule has 0 unspecified atom stereocenters. The van der Waals surface area contributed by atoms with Crippen molar-refractivity contribution in [2.75, 3.05) is 31.1 Å². The lowest BCUT2D eigenvalue weighted by atomic mass is 10.1. The Hall–Kier alpha value is -2.89. The second-order valence-corrected chi connectivity index (χ2v) is 8.77. The van der Waals surface area contributed by atoms with Gasteiger partial charge < -0.3 is 9.64 Å². The summed E-state index contributed by atoms with van der Waals surface area (Å²) in [6, 6.07) is 13.8. The Morgan fingerprint density at radius 3 is 2.26 bits per heavy atom. The number of anilines is 1. The molecule has 8 heteroatoms. The van der Waals surface area contributed by atoms with Gasteiger partial charge in [-0.15, -0.1) is 0 Å². The van der Waals surface area contributed by atoms with Gasteiger partial charge in [0.05, 0.1) is 24.0 Å². The molecular formula is C23H29N3O4S. The number of carbonyl (C=O) groups is 1. The molecule has 2 rings (SSSR count). The number of nitrogens with zero attached hydrogens (tertiary/aromatic N) is 3. The quantitative estimate of drug-likeness (QED) is 0.554. The Labute approximate surface area is 184 Å². The molecule has 0 aliphatic carbocycles. The number of hydrogen-bond donors (Lipinski definition) is 0. The molecule has 0 heterocycles. The maximum atomic E-state index is 13.3. The summed E-state index contributed by atoms with van der Waals surface area (Å²) in [5.74, 6) is 0.317. The zero-order chi connectivity index (χ0) is 23.0. The number of sulfonamides is 1. The number of nitriles is 1. The van der Waals surface area contributed by atoms with Crippen molar-refractivity contribution in [1.82, 2.24) is 4.31 Å². The minimum Gasteiger partial charge on any atom is -0.494 e. The molecule has 7 nitrogen and oxygen atoms in total. The van der Waals surface area contributed by atoms with Crippen LogP contribution in [0, 0.1) is 18.3 Å². The maximum Gasteiger partial charge on any atom is 0.258 e. The third kappa shape index (κ3) is 5.63. The summed E-state index contributed by atoms with van der Waals surface area (Å²) in [5.41, 5.74) is 1.44. The molecule has 0 fully saturated rings. The Kier molecular flexibility index (Phi) is 8.60. The number of carbonyl (C=O) groups excluding carboxylic acids is 1. The third-order valence-electron chi connectivity index (χ3n) is 4.91. The van der Waals surface area contributed by atoms with Crippen molar-refractivity contribution in [3.63, 3.8) is 0 Å². The maximum absolute atomic E-state index is 13.3. The van der Waals surface area contributed by atoms with Gasteiger partial charge in [0.25, 0.3) is 5.91 Å². The number of benzene rings is 2. The van der Waals surface area contributed by atoms with Crippen molar-refractivity contribution in [2.45, 2.75) is 39.0 Å². The van der Waals surface area contributed by atoms with Crippen LogP contribution in [-0.4, -0.2) is 44.9 Å². The zero-order valence-corrected chi connectivity index (χ0v) is 19.3. The molecule has 0 spiro atoms. The van der Waals surface area contributed by atoms with Crippen LogP contribution in [0.25, 0.3) is 0 Å². The fraction of sp³-hybridized carbons (Fsp3) is 0.391. The van der Waals surface area contributed by atoms with Gasteiger partial charge in [-0.2, -0.15) is 9.57 Å². The third-order valence-corrected chi connectivity index (χ3v) is 7.10. The summed E-state index contributed by atoms with van der Waals surface area (Å²) in [4.78, 5) is 14.9. The molecule has 166 valence electrons. The average molecular weight is 444 g/mol. The minimum absolute atomic E-state index is 0.119. The van der Waals surface area contributed by atoms with Crippen LogP contribution in [0.2, 0.25) is 0 Å². The highest BCUT2D eigenvalue weighted by molar-refractivity contribution is 7.89. The van der Waals surface area contributed by atoms with E-state index in [1.165, 1.54) is 15.3 Å². The lowest BCUT2D eigenvalue weighted by molar-refractivity contribution is 0.0987. The fourth-order valence-electron chi connectivity index (χ4n) is 3.27. The lowest BCUT2D eigenvalue weighted by Gasteiger charge is -2.24. The summed E-state index contributed by atoms with van der Waals surface area (Å²) in [5, 5.41) is 9.04. The molecule has 0 atom stereocenters. The van der Waals surface area contributed by atoms with Gasteiger partial charge in [0, 0.05) is 30.9 Å². The first kappa shape index (κ1) is 24.4. The van der Waals surface area contributed by atoms with E-state index in [2.05, 4.69) is 6.07 Å². The van der Waals surface area contributed by atoms with Crippen molar-refractivity contribution < 1.29 is 17.9 Å². The molecule has 0 saturated carbocycles. The largest absolute Gasteiger partial charge is 0.494 e. The highest BCUT2D eigenvalue weighted by Gasteiger charge is 2.26. The van der Waals surface area contributed by atoms with Crippen LogP contribution in [0.15, 0.2) is 47.4 Å². The number of amides is 1. The van der Waals surface area contributed by atoms with Gasteiger partial charge in [0.15, 0.2) is 0 Å². The average Bonchev–Trinajstić information content (AvgIpc) is 2.76. The van der Waals surface area contributed by atoms with E-state index in [-0.39, 0.29) is 29.3 Å². The SMILES string of the molecule is CCOc1ccc(N(CCC#N)C(=O)c2ccc(C)c(S(=O)(=O)N(CC)CC)c2)cc1. The van der Waals surface area contributed by atoms with E-state index >= 15 is 0 Å². The second kappa shape index (κ2) is 10.9. The molecule has 0 bridgehead atoms. The van der Waals surface area contributed by atoms with Gasteiger partial charge in [-0.05, 0) is 55.8 Å². The first-order valence-electron chi connectivity index (χ1n) is 10.3. The van der Waals surface area contributed by atoms with E-state index in [9.17, 15) is 13.2 Å². The molecule has 0 radical (unpaired) electrons. The topological polar surface area (TPSA) is 90.7 Å². The predicted molar refractivity (Wildman–Crippen MR) is 121 cm³/mol. The van der Waals surface area contributed by atoms with Gasteiger partial charge in [-0.3, -0.25) is 4.79 Å². The number of aryl methyl sites for hydroxylation is 1. The molecular weight excluding hydrogens is 414 g/mol. The summed E-state index contributed by atoms with van der Waals surface area (Å²) in [7, 11) is -3.71. The van der Waals surface area contributed by atoms with Crippen LogP contribution in [0.3, 0.4) is 0 Å². The highest BCUT2D eigenvalue weighted by Crippen LogP contribution is 2.25. The molecule has 0 aliphatic heterocycles. The van der Waals surface area contributed by atoms with Crippen LogP contribution in [0.4, 0.5) is 5.69 Å². The summed E-state index contributed by atoms with van der Waals surface area (Å²) >= 11 is 0. The highest BCUT2D eigenvalue weighted by atomic mass is 32.2. The Balaban J connectivity index is 2.46. The second-order valence-electron chi connectivity index (χ2n) is 6.86. The van der Waals surface area contributed by atoms with Gasteiger partial charge in [0.2, 0.25) is 10.0 Å². The van der Waals surface area contributed by atoms with E-state index in [1.807, 2.05) is 6.92 Å². The Bertz CT molecular complexity index is 1040. The standard InChI is InChI=1S/C23H29N3O4S/c1-5-25(6-2)31(28,29)22-17-19(10-9-18(22)4)23(27)26(16-8-15-24)20-11-13-21(14-12-20)30-7-3/h9-14,17H,5-8,16H2,1-4H3. The van der Waals surface area contributed by atoms with Crippen LogP contribution in [0.5, 0.6) is 5.75 Å². The van der Waals surface area contributed by atoms with Crippen LogP contribution >= 0.6 is 0 Å². The van der Waals surface area contributed by atoms with E-state index in [4.69, 9.17) is 10.00 Å². The van der Waals surface area contributed by atoms with Gasteiger partial charge >= 0.3 is 0 Å². The van der Waals surface area contributed by atoms with Crippen molar-refractivity contribution in [2.24, 2.45) is 0 Å². The summed E-state index contributed by atoms with van der Waals surface area (Å²) < 4.78 is 32.9. The fourth-order valence-corrected chi connectivity index (χ4v) is 4.98. The van der Waals surface area contributed by atoms with E-state index in [0.717, 1.165) is 0 Å². The molecule has 0 saturated heterocycles. The van der Waals surface area contributed by atoms with Crippen molar-refractivity contribution >= 4 is 21.6 Å². The first-order chi connectivity index (χ1) is 14.8. The zero-order valence-electron chi connectivity index (χ0n) is 18.5. The van der Waals surface area contributed by atoms with Crippen LogP contribution in [0.1, 0.15) is 43.1 Å². The molecule has 2 aromatic carbocycles. The Morgan fingerprint density at radius 1 is 1.06 bits per heavy atom. The molecule has 0 N–H and O–H groups in total. The molecule has 0 aliphatic rings. The number of rotatable bonds is 10. The van der Waals surface area contributed by atoms with Crippen molar-refractivity contribution in [3.05, 3.63) is 53.6 Å². The van der Waals surface area contributed by atoms with Crippen LogP contribution in [-0.2, 0) is 10.0 Å². The molecule has 1 amide bonds. The van der Waals surface area contributed by atoms with Gasteiger partial charge in [-0.25, -0.2) is 8.42 Å². The number of ether oxygens (including phenoxy) is 1. The van der Waals surface area contributed by atoms with E-state index in [0.29, 0.717) is 36.7 Å². The van der Waals surface area contributed by atoms with E-state index in [1.54, 1.807) is 57.2 Å². The lowest BCUT2D eigenvalue weighted by Crippen LogP contribution is -2.33. The Morgan fingerprint density at radius 2 is 1.71 bits per heavy atom. The van der Waals surface area contributed by atoms with Crippen molar-refractivity contribution in [1.29, 1.82) is 5.26 Å².